The average molecular weight is 721 g/mol. The summed E-state index contributed by atoms with van der Waals surface area (Å²) in [5.74, 6) is -2.57. The van der Waals surface area contributed by atoms with E-state index in [9.17, 15) is 34.4 Å². The van der Waals surface area contributed by atoms with E-state index in [1.165, 1.54) is 23.8 Å². The Morgan fingerprint density at radius 1 is 0.979 bits per heavy atom. The van der Waals surface area contributed by atoms with Gasteiger partial charge in [0, 0.05) is 33.8 Å². The van der Waals surface area contributed by atoms with E-state index in [0.29, 0.717) is 38.5 Å². The van der Waals surface area contributed by atoms with Crippen LogP contribution in [0, 0.1) is 17.0 Å². The molecule has 0 aliphatic rings. The summed E-state index contributed by atoms with van der Waals surface area (Å²) >= 11 is 17.2. The van der Waals surface area contributed by atoms with Gasteiger partial charge in [0.1, 0.15) is 18.5 Å². The monoisotopic (exact) mass is 719 g/mol. The number of aliphatic hydroxyl groups is 1. The lowest BCUT2D eigenvalue weighted by Gasteiger charge is -2.24. The van der Waals surface area contributed by atoms with E-state index >= 15 is 0 Å². The molecule has 16 heteroatoms. The quantitative estimate of drug-likeness (QED) is 0.0840. The minimum Gasteiger partial charge on any atom is -0.497 e. The molecule has 48 heavy (non-hydrogen) atoms. The Morgan fingerprint density at radius 3 is 2.25 bits per heavy atom. The molecular weight excluding hydrogens is 693 g/mol. The maximum atomic E-state index is 13.5. The molecule has 1 amide bonds. The number of alkyl halides is 2. The van der Waals surface area contributed by atoms with Gasteiger partial charge in [-0.25, -0.2) is 4.79 Å². The molecule has 0 aliphatic carbocycles. The second kappa shape index (κ2) is 15.9. The number of benzene rings is 3. The Labute approximate surface area is 288 Å². The van der Waals surface area contributed by atoms with Crippen LogP contribution in [0.15, 0.2) is 66.7 Å². The molecule has 3 aromatic carbocycles. The molecule has 2 N–H and O–H groups in total. The number of non-ortho nitro benzene ring substituents is 1. The highest BCUT2D eigenvalue weighted by molar-refractivity contribution is 6.53. The van der Waals surface area contributed by atoms with Crippen molar-refractivity contribution in [2.45, 2.75) is 30.3 Å². The van der Waals surface area contributed by atoms with Gasteiger partial charge in [0.05, 0.1) is 30.0 Å². The van der Waals surface area contributed by atoms with Crippen molar-refractivity contribution >= 4 is 75.1 Å². The number of rotatable bonds is 13. The van der Waals surface area contributed by atoms with Gasteiger partial charge in [-0.2, -0.15) is 0 Å². The number of nitrogens with one attached hydrogen (secondary N) is 1. The van der Waals surface area contributed by atoms with E-state index < -0.39 is 53.0 Å². The lowest BCUT2D eigenvalue weighted by atomic mass is 10.0. The number of hydrogen-bond acceptors (Lipinski definition) is 10. The lowest BCUT2D eigenvalue weighted by Crippen LogP contribution is -2.45. The molecule has 0 bridgehead atoms. The summed E-state index contributed by atoms with van der Waals surface area (Å²) in [4.78, 5) is 59.9. The first kappa shape index (κ1) is 36.2. The molecule has 0 aliphatic heterocycles. The number of carbonyl (C=O) groups is 4. The van der Waals surface area contributed by atoms with Crippen LogP contribution in [-0.4, -0.2) is 69.6 Å². The van der Waals surface area contributed by atoms with Crippen LogP contribution in [0.5, 0.6) is 5.75 Å². The summed E-state index contributed by atoms with van der Waals surface area (Å²) < 4.78 is 17.1. The van der Waals surface area contributed by atoms with Crippen molar-refractivity contribution in [3.63, 3.8) is 0 Å². The van der Waals surface area contributed by atoms with E-state index in [0.717, 1.165) is 12.1 Å². The molecule has 4 rings (SSSR count). The molecule has 2 atom stereocenters. The number of aromatic nitrogens is 1. The molecule has 1 aromatic heterocycles. The van der Waals surface area contributed by atoms with Gasteiger partial charge in [0.2, 0.25) is 0 Å². The van der Waals surface area contributed by atoms with Gasteiger partial charge >= 0.3 is 11.9 Å². The molecule has 1 heterocycles. The first-order chi connectivity index (χ1) is 22.8. The zero-order valence-corrected chi connectivity index (χ0v) is 27.6. The van der Waals surface area contributed by atoms with E-state index in [2.05, 4.69) is 5.32 Å². The Bertz CT molecular complexity index is 1840. The maximum Gasteiger partial charge on any atom is 0.344 e. The fourth-order valence-electron chi connectivity index (χ4n) is 4.84. The number of halogens is 3. The van der Waals surface area contributed by atoms with Gasteiger partial charge in [-0.3, -0.25) is 29.1 Å². The number of nitrogens with zero attached hydrogens (tertiary/aromatic N) is 2. The van der Waals surface area contributed by atoms with Crippen LogP contribution in [0.2, 0.25) is 5.02 Å². The van der Waals surface area contributed by atoms with Crippen molar-refractivity contribution in [2.24, 2.45) is 0 Å². The summed E-state index contributed by atoms with van der Waals surface area (Å²) in [6.07, 6.45) is -1.81. The summed E-state index contributed by atoms with van der Waals surface area (Å²) in [6.45, 7) is 0.263. The van der Waals surface area contributed by atoms with Crippen molar-refractivity contribution in [1.82, 2.24) is 9.88 Å². The van der Waals surface area contributed by atoms with Gasteiger partial charge < -0.3 is 24.6 Å². The minimum absolute atomic E-state index is 0.162. The molecule has 4 aromatic rings. The topological polar surface area (TPSA) is 176 Å². The predicted molar refractivity (Wildman–Crippen MR) is 176 cm³/mol. The number of nitro groups is 1. The van der Waals surface area contributed by atoms with Crippen molar-refractivity contribution in [3.05, 3.63) is 104 Å². The van der Waals surface area contributed by atoms with Crippen molar-refractivity contribution in [3.8, 4) is 5.75 Å². The number of hydrogen-bond donors (Lipinski definition) is 2. The highest BCUT2D eigenvalue weighted by Gasteiger charge is 2.28. The number of fused-ring (bicyclic) bond motifs is 1. The maximum absolute atomic E-state index is 13.5. The number of nitro benzene ring substituents is 1. The number of amides is 1. The highest BCUT2D eigenvalue weighted by Crippen LogP contribution is 2.31. The number of esters is 2. The van der Waals surface area contributed by atoms with Crippen LogP contribution in [-0.2, 0) is 30.3 Å². The molecule has 0 saturated heterocycles. The Balaban J connectivity index is 1.45. The average Bonchev–Trinajstić information content (AvgIpc) is 3.34. The van der Waals surface area contributed by atoms with Gasteiger partial charge in [0.25, 0.3) is 17.5 Å². The molecule has 2 unspecified atom stereocenters. The van der Waals surface area contributed by atoms with Crippen LogP contribution in [0.4, 0.5) is 5.69 Å². The summed E-state index contributed by atoms with van der Waals surface area (Å²) in [6, 6.07) is 15.0. The predicted octanol–water partition coefficient (Wildman–Crippen LogP) is 4.86. The van der Waals surface area contributed by atoms with E-state index in [1.54, 1.807) is 49.4 Å². The normalized spacial score (nSPS) is 12.3. The zero-order valence-electron chi connectivity index (χ0n) is 25.4. The first-order valence-corrected chi connectivity index (χ1v) is 15.4. The summed E-state index contributed by atoms with van der Waals surface area (Å²) in [5, 5.41) is 25.2. The summed E-state index contributed by atoms with van der Waals surface area (Å²) in [7, 11) is 1.48. The van der Waals surface area contributed by atoms with Gasteiger partial charge in [0.15, 0.2) is 11.4 Å². The van der Waals surface area contributed by atoms with E-state index in [-0.39, 0.29) is 23.6 Å². The number of carbonyl (C=O) groups excluding carboxylic acids is 4. The van der Waals surface area contributed by atoms with Crippen LogP contribution in [0.3, 0.4) is 0 Å². The third kappa shape index (κ3) is 8.61. The fourth-order valence-corrected chi connectivity index (χ4v) is 5.09. The van der Waals surface area contributed by atoms with Gasteiger partial charge in [-0.1, -0.05) is 34.8 Å². The second-order valence-corrected chi connectivity index (χ2v) is 11.9. The van der Waals surface area contributed by atoms with Crippen molar-refractivity contribution in [2.75, 3.05) is 20.3 Å². The van der Waals surface area contributed by atoms with Crippen LogP contribution in [0.25, 0.3) is 10.9 Å². The lowest BCUT2D eigenvalue weighted by molar-refractivity contribution is -0.384. The first-order valence-electron chi connectivity index (χ1n) is 14.1. The van der Waals surface area contributed by atoms with Crippen LogP contribution >= 0.6 is 34.8 Å². The molecule has 252 valence electrons. The Kier molecular flexibility index (Phi) is 12.0. The summed E-state index contributed by atoms with van der Waals surface area (Å²) in [5.41, 5.74) is 1.76. The Morgan fingerprint density at radius 2 is 1.65 bits per heavy atom. The van der Waals surface area contributed by atoms with Crippen LogP contribution < -0.4 is 10.1 Å². The van der Waals surface area contributed by atoms with Gasteiger partial charge in [-0.05, 0) is 72.6 Å². The number of ether oxygens (including phenoxy) is 3. The molecule has 0 radical (unpaired) electrons. The molecular formula is C32H28Cl3N3O10. The standard InChI is InChI=1S/C32H28Cl3N3O10/c1-17-23(24-13-22(46-2)11-12-26(24)37(17)32(43)19-3-7-20(33)8-4-19)14-27(39)48-16-28(40)47-15-25(36-31(42)30(34)35)29(41)18-5-9-21(10-6-18)38(44)45/h3-13,25,29-30,41H,14-16H2,1-2H3,(H,36,42). The molecule has 0 fully saturated rings. The van der Waals surface area contributed by atoms with E-state index in [1.807, 2.05) is 0 Å². The SMILES string of the molecule is COc1ccc2c(c1)c(CC(=O)OCC(=O)OCC(NC(=O)C(Cl)Cl)C(O)c1ccc([N+](=O)[O-])cc1)c(C)n2C(=O)c1ccc(Cl)cc1. The fraction of sp³-hybridized carbons (Fsp3) is 0.250. The smallest absolute Gasteiger partial charge is 0.344 e. The highest BCUT2D eigenvalue weighted by atomic mass is 35.5. The molecule has 13 nitrogen and oxygen atoms in total. The molecule has 0 saturated carbocycles. The van der Waals surface area contributed by atoms with Crippen molar-refractivity contribution < 1.29 is 43.4 Å². The largest absolute Gasteiger partial charge is 0.497 e. The molecule has 0 spiro atoms. The zero-order chi connectivity index (χ0) is 35.1. The van der Waals surface area contributed by atoms with Crippen molar-refractivity contribution in [1.29, 1.82) is 0 Å². The Hall–Kier alpha value is -4.69. The van der Waals surface area contributed by atoms with Gasteiger partial charge in [-0.15, -0.1) is 0 Å². The second-order valence-electron chi connectivity index (χ2n) is 10.3. The van der Waals surface area contributed by atoms with Crippen LogP contribution in [0.1, 0.15) is 33.3 Å². The van der Waals surface area contributed by atoms with E-state index in [4.69, 9.17) is 49.0 Å². The number of aliphatic hydroxyl groups excluding tert-OH is 1. The minimum atomic E-state index is -1.51. The third-order valence-electron chi connectivity index (χ3n) is 7.28. The number of methoxy groups -OCH3 is 1. The third-order valence-corrected chi connectivity index (χ3v) is 7.93.